The maximum absolute atomic E-state index is 13.6. The first kappa shape index (κ1) is 108. The van der Waals surface area contributed by atoms with E-state index in [2.05, 4.69) is 99.4 Å². The number of carbonyl (C=O) groups excluding carboxylic acids is 6. The van der Waals surface area contributed by atoms with Crippen LogP contribution < -0.4 is 28.3 Å². The lowest BCUT2D eigenvalue weighted by atomic mass is 10.1. The van der Waals surface area contributed by atoms with E-state index in [1.165, 1.54) is 176 Å². The normalized spacial score (nSPS) is 11.2. The van der Waals surface area contributed by atoms with Crippen molar-refractivity contribution in [3.05, 3.63) is 354 Å². The van der Waals surface area contributed by atoms with E-state index in [-0.39, 0.29) is 137 Å². The quantitative estimate of drug-likeness (QED) is 0.0113. The standard InChI is InChI=1S/2C14H11Cl2NO3S2.2C14H12ClNO3S2.2C14H11F2NO3S2/c15-12-5-4-10(7-13(12)16)17-22(19,20)11-3-1-2-9(6-11)14(18)8-21;15-12-5-4-11(7-13(12)16)22(19,20)17-10-3-1-2-9(6-10)14(18)8-21;15-11-3-5-12(6-4-11)16-21(18,19)13-7-1-10(2-8-13)14(17)9-20;15-11-3-7-13(8-4-11)21(18,19)16-12-5-1-10(2-6-12)14(17)9-20;15-10-3-6-14(12(16)7-10)22(19,20)17-11-4-1-9(2-5-11)13(18)8-21;15-10-3-6-13(12(16)7-10)17-22(19,20)11-4-1-9(2-5-11)14(18)8-21/h2*1-7,17,21H,8H2;2*1-8,16,20H,9H2;2*1-7,17,21H,8H2. The summed E-state index contributed by atoms with van der Waals surface area (Å²) < 4.78 is 213. The highest BCUT2D eigenvalue weighted by atomic mass is 35.5. The molecule has 0 aliphatic heterocycles. The molecule has 0 aliphatic rings. The van der Waals surface area contributed by atoms with Crippen molar-refractivity contribution in [1.82, 2.24) is 0 Å². The summed E-state index contributed by atoms with van der Waals surface area (Å²) in [5, 5.41) is 1.95. The van der Waals surface area contributed by atoms with Crippen LogP contribution in [0, 0.1) is 23.3 Å². The van der Waals surface area contributed by atoms with Crippen molar-refractivity contribution in [3.63, 3.8) is 0 Å². The Hall–Kier alpha value is -9.28. The van der Waals surface area contributed by atoms with E-state index < -0.39 is 88.3 Å². The molecule has 0 saturated heterocycles. The summed E-state index contributed by atoms with van der Waals surface area (Å²) in [6.07, 6.45) is 0. The largest absolute Gasteiger partial charge is 0.293 e. The number of rotatable bonds is 30. The molecule has 0 amide bonds. The van der Waals surface area contributed by atoms with Gasteiger partial charge in [-0.3, -0.25) is 57.1 Å². The number of benzene rings is 12. The Balaban J connectivity index is 0.000000213. The molecule has 0 bridgehead atoms. The summed E-state index contributed by atoms with van der Waals surface area (Å²) in [6.45, 7) is 0. The molecule has 0 unspecified atom stereocenters. The molecule has 0 atom stereocenters. The van der Waals surface area contributed by atoms with Crippen molar-refractivity contribution in [2.45, 2.75) is 29.4 Å². The molecule has 0 spiro atoms. The van der Waals surface area contributed by atoms with Crippen LogP contribution in [0.25, 0.3) is 0 Å². The highest BCUT2D eigenvalue weighted by molar-refractivity contribution is 7.94. The first-order valence-corrected chi connectivity index (χ1v) is 51.1. The zero-order valence-electron chi connectivity index (χ0n) is 65.9. The lowest BCUT2D eigenvalue weighted by Crippen LogP contribution is -2.15. The Morgan fingerprint density at radius 2 is 0.523 bits per heavy atom. The van der Waals surface area contributed by atoms with Gasteiger partial charge >= 0.3 is 0 Å². The zero-order chi connectivity index (χ0) is 96.2. The Morgan fingerprint density at radius 3 is 0.915 bits per heavy atom. The SMILES string of the molecule is O=C(CS)c1ccc(NS(=O)(=O)c2ccc(Cl)cc2)cc1.O=C(CS)c1ccc(NS(=O)(=O)c2ccc(F)cc2F)cc1.O=C(CS)c1ccc(S(=O)(=O)Nc2ccc(Cl)cc2)cc1.O=C(CS)c1ccc(S(=O)(=O)Nc2ccc(F)cc2F)cc1.O=C(CS)c1cccc(NS(=O)(=O)c2ccc(Cl)c(Cl)c2)c1.O=C(CS)c1cccc(S(=O)(=O)Nc2ccc(Cl)c(Cl)c2)c1. The molecule has 6 N–H and O–H groups in total. The third-order valence-electron chi connectivity index (χ3n) is 16.6. The predicted molar refractivity (Wildman–Crippen MR) is 521 cm³/mol. The molecule has 12 rings (SSSR count). The molecule has 0 aliphatic carbocycles. The van der Waals surface area contributed by atoms with Crippen LogP contribution in [0.3, 0.4) is 0 Å². The van der Waals surface area contributed by atoms with E-state index in [1.807, 2.05) is 4.72 Å². The molecular formula is C84H68Cl6F4N6O18S12. The fourth-order valence-corrected chi connectivity index (χ4v) is 18.6. The molecule has 0 fully saturated rings. The molecule has 46 heteroatoms. The number of hydrogen-bond donors (Lipinski definition) is 12. The summed E-state index contributed by atoms with van der Waals surface area (Å²) >= 11 is 58.0. The third kappa shape index (κ3) is 32.6. The molecule has 0 saturated carbocycles. The lowest BCUT2D eigenvalue weighted by Gasteiger charge is -2.09. The van der Waals surface area contributed by atoms with Gasteiger partial charge < -0.3 is 0 Å². The second-order valence-corrected chi connectivity index (χ2v) is 40.3. The Bertz CT molecular complexity index is 6870. The molecule has 24 nitrogen and oxygen atoms in total. The molecular weight excluding hydrogens is 2050 g/mol. The van der Waals surface area contributed by atoms with Gasteiger partial charge in [-0.25, -0.2) is 68.1 Å². The summed E-state index contributed by atoms with van der Waals surface area (Å²) in [7, 11) is -23.3. The fourth-order valence-electron chi connectivity index (χ4n) is 10.1. The van der Waals surface area contributed by atoms with Gasteiger partial charge in [-0.05, 0) is 206 Å². The highest BCUT2D eigenvalue weighted by Crippen LogP contribution is 2.31. The van der Waals surface area contributed by atoms with E-state index >= 15 is 0 Å². The van der Waals surface area contributed by atoms with Crippen molar-refractivity contribution in [3.8, 4) is 0 Å². The van der Waals surface area contributed by atoms with Gasteiger partial charge in [-0.2, -0.15) is 75.8 Å². The first-order valence-electron chi connectivity index (χ1n) is 36.1. The summed E-state index contributed by atoms with van der Waals surface area (Å²) in [4.78, 5) is 68.2. The minimum absolute atomic E-state index is 0.00369. The van der Waals surface area contributed by atoms with Crippen LogP contribution in [0.5, 0.6) is 0 Å². The van der Waals surface area contributed by atoms with Crippen molar-refractivity contribution < 1.29 is 96.8 Å². The first-order chi connectivity index (χ1) is 61.2. The van der Waals surface area contributed by atoms with Crippen molar-refractivity contribution in [2.75, 3.05) is 62.8 Å². The van der Waals surface area contributed by atoms with Gasteiger partial charge in [0.05, 0.1) is 90.5 Å². The Kier molecular flexibility index (Phi) is 41.0. The van der Waals surface area contributed by atoms with E-state index in [1.54, 1.807) is 54.6 Å². The molecule has 0 aromatic heterocycles. The topological polar surface area (TPSA) is 379 Å². The number of nitrogens with one attached hydrogen (secondary N) is 6. The number of ketones is 6. The second-order valence-electron chi connectivity index (χ2n) is 25.8. The summed E-state index contributed by atoms with van der Waals surface area (Å²) in [6, 6.07) is 59.8. The smallest absolute Gasteiger partial charge is 0.264 e. The number of sulfonamides is 6. The lowest BCUT2D eigenvalue weighted by molar-refractivity contribution is 0.101. The van der Waals surface area contributed by atoms with Gasteiger partial charge in [0, 0.05) is 78.3 Å². The third-order valence-corrected chi connectivity index (χ3v) is 28.7. The summed E-state index contributed by atoms with van der Waals surface area (Å²) in [5.41, 5.74) is 3.41. The number of hydrogen-bond acceptors (Lipinski definition) is 24. The molecule has 0 heterocycles. The van der Waals surface area contributed by atoms with Crippen LogP contribution >= 0.6 is 145 Å². The van der Waals surface area contributed by atoms with E-state index in [0.717, 1.165) is 24.3 Å². The van der Waals surface area contributed by atoms with Gasteiger partial charge in [0.25, 0.3) is 60.1 Å². The van der Waals surface area contributed by atoms with Crippen LogP contribution in [0.4, 0.5) is 51.7 Å². The Labute approximate surface area is 809 Å². The molecule has 684 valence electrons. The van der Waals surface area contributed by atoms with Gasteiger partial charge in [0.1, 0.15) is 28.2 Å². The number of halogens is 10. The highest BCUT2D eigenvalue weighted by Gasteiger charge is 2.25. The van der Waals surface area contributed by atoms with E-state index in [0.29, 0.717) is 66.4 Å². The maximum Gasteiger partial charge on any atom is 0.264 e. The van der Waals surface area contributed by atoms with Crippen LogP contribution in [-0.2, 0) is 60.1 Å². The van der Waals surface area contributed by atoms with Crippen molar-refractivity contribution >= 4 is 274 Å². The van der Waals surface area contributed by atoms with Crippen molar-refractivity contribution in [1.29, 1.82) is 0 Å². The number of Topliss-reactive ketones (excluding diaryl/α,β-unsaturated/α-hetero) is 6. The molecule has 12 aromatic rings. The zero-order valence-corrected chi connectivity index (χ0v) is 80.7. The monoisotopic (exact) mass is 2120 g/mol. The summed E-state index contributed by atoms with van der Waals surface area (Å²) in [5.74, 6) is -4.80. The fraction of sp³-hybridized carbons (Fsp3) is 0.0714. The number of anilines is 6. The Morgan fingerprint density at radius 1 is 0.238 bits per heavy atom. The number of thiol groups is 6. The van der Waals surface area contributed by atoms with Crippen molar-refractivity contribution in [2.24, 2.45) is 0 Å². The van der Waals surface area contributed by atoms with Crippen LogP contribution in [0.15, 0.2) is 296 Å². The average molecular weight is 2120 g/mol. The van der Waals surface area contributed by atoms with Crippen LogP contribution in [0.2, 0.25) is 30.1 Å². The minimum Gasteiger partial charge on any atom is -0.293 e. The van der Waals surface area contributed by atoms with E-state index in [9.17, 15) is 96.8 Å². The molecule has 0 radical (unpaired) electrons. The van der Waals surface area contributed by atoms with Gasteiger partial charge in [-0.15, -0.1) is 0 Å². The van der Waals surface area contributed by atoms with Gasteiger partial charge in [0.2, 0.25) is 0 Å². The number of carbonyl (C=O) groups is 6. The predicted octanol–water partition coefficient (Wildman–Crippen LogP) is 20.1. The second kappa shape index (κ2) is 49.5. The van der Waals surface area contributed by atoms with Crippen LogP contribution in [0.1, 0.15) is 62.1 Å². The van der Waals surface area contributed by atoms with E-state index in [4.69, 9.17) is 69.6 Å². The van der Waals surface area contributed by atoms with Gasteiger partial charge in [-0.1, -0.05) is 118 Å². The average Bonchev–Trinajstić information content (AvgIpc) is 0.812. The van der Waals surface area contributed by atoms with Crippen LogP contribution in [-0.4, -0.2) is 120 Å². The maximum atomic E-state index is 13.6. The molecule has 12 aromatic carbocycles. The van der Waals surface area contributed by atoms with Gasteiger partial charge in [0.15, 0.2) is 34.7 Å². The minimum atomic E-state index is -4.19. The molecule has 130 heavy (non-hydrogen) atoms.